The molecule has 1 aliphatic heterocycles. The first kappa shape index (κ1) is 26.0. The number of nitrogens with zero attached hydrogens (tertiary/aromatic N) is 1. The van der Waals surface area contributed by atoms with Gasteiger partial charge in [0.25, 0.3) is 0 Å². The number of carbonyl (C=O) groups excluding carboxylic acids is 3. The standard InChI is InChI=1S/C23H42N2O3S/c1-22(2,3)12-9-7-8-10-16-29-18-17-20(27)25(21(18)28)15-11-19(26)24-14-13-23(4,5)6/h18H,7-17H2,1-6H3,(H,24,26). The third kappa shape index (κ3) is 11.7. The lowest BCUT2D eigenvalue weighted by molar-refractivity contribution is -0.138. The van der Waals surface area contributed by atoms with Gasteiger partial charge in [0.05, 0.1) is 5.25 Å². The quantitative estimate of drug-likeness (QED) is 0.360. The molecule has 1 fully saturated rings. The van der Waals surface area contributed by atoms with E-state index in [2.05, 4.69) is 46.9 Å². The Kier molecular flexibility index (Phi) is 10.7. The molecule has 1 N–H and O–H groups in total. The Morgan fingerprint density at radius 1 is 1.00 bits per heavy atom. The van der Waals surface area contributed by atoms with Gasteiger partial charge in [0, 0.05) is 25.9 Å². The number of thioether (sulfide) groups is 1. The van der Waals surface area contributed by atoms with E-state index >= 15 is 0 Å². The van der Waals surface area contributed by atoms with Gasteiger partial charge in [0.15, 0.2) is 0 Å². The van der Waals surface area contributed by atoms with Crippen LogP contribution in [0.3, 0.4) is 0 Å². The smallest absolute Gasteiger partial charge is 0.242 e. The topological polar surface area (TPSA) is 66.5 Å². The van der Waals surface area contributed by atoms with Crippen LogP contribution in [-0.2, 0) is 14.4 Å². The van der Waals surface area contributed by atoms with Crippen molar-refractivity contribution < 1.29 is 14.4 Å². The van der Waals surface area contributed by atoms with E-state index in [4.69, 9.17) is 0 Å². The number of likely N-dealkylation sites (tertiary alicyclic amines) is 1. The Labute approximate surface area is 182 Å². The molecular formula is C23H42N2O3S. The van der Waals surface area contributed by atoms with E-state index in [1.54, 1.807) is 11.8 Å². The molecule has 1 aliphatic rings. The number of nitrogens with one attached hydrogen (secondary N) is 1. The molecule has 29 heavy (non-hydrogen) atoms. The Bertz CT molecular complexity index is 549. The third-order valence-electron chi connectivity index (χ3n) is 5.10. The first-order chi connectivity index (χ1) is 13.4. The first-order valence-corrected chi connectivity index (χ1v) is 12.2. The fraction of sp³-hybridized carbons (Fsp3) is 0.870. The maximum atomic E-state index is 12.5. The van der Waals surface area contributed by atoms with Gasteiger partial charge in [-0.3, -0.25) is 19.3 Å². The molecular weight excluding hydrogens is 384 g/mol. The molecule has 1 saturated heterocycles. The minimum atomic E-state index is -0.263. The average Bonchev–Trinajstić information content (AvgIpc) is 2.83. The van der Waals surface area contributed by atoms with Crippen molar-refractivity contribution in [1.82, 2.24) is 10.2 Å². The van der Waals surface area contributed by atoms with Gasteiger partial charge in [-0.15, -0.1) is 11.8 Å². The predicted octanol–water partition coefficient (Wildman–Crippen LogP) is 4.79. The van der Waals surface area contributed by atoms with E-state index in [9.17, 15) is 14.4 Å². The molecule has 1 heterocycles. The van der Waals surface area contributed by atoms with Crippen molar-refractivity contribution in [3.05, 3.63) is 0 Å². The molecule has 0 aromatic heterocycles. The lowest BCUT2D eigenvalue weighted by atomic mass is 9.89. The molecule has 0 aromatic rings. The highest BCUT2D eigenvalue weighted by molar-refractivity contribution is 8.00. The molecule has 1 atom stereocenters. The molecule has 0 saturated carbocycles. The lowest BCUT2D eigenvalue weighted by Crippen LogP contribution is -2.36. The van der Waals surface area contributed by atoms with Gasteiger partial charge in [-0.1, -0.05) is 60.8 Å². The fourth-order valence-electron chi connectivity index (χ4n) is 3.23. The third-order valence-corrected chi connectivity index (χ3v) is 6.40. The lowest BCUT2D eigenvalue weighted by Gasteiger charge is -2.18. The van der Waals surface area contributed by atoms with Gasteiger partial charge in [-0.25, -0.2) is 0 Å². The summed E-state index contributed by atoms with van der Waals surface area (Å²) in [5.74, 6) is 0.567. The SMILES string of the molecule is CC(C)(C)CCCCCCSC1CC(=O)N(CCC(=O)NCCC(C)(C)C)C1=O. The number of carbonyl (C=O) groups is 3. The van der Waals surface area contributed by atoms with Gasteiger partial charge in [0.2, 0.25) is 17.7 Å². The van der Waals surface area contributed by atoms with Crippen molar-refractivity contribution in [3.63, 3.8) is 0 Å². The summed E-state index contributed by atoms with van der Waals surface area (Å²) in [4.78, 5) is 37.9. The Morgan fingerprint density at radius 2 is 1.62 bits per heavy atom. The van der Waals surface area contributed by atoms with Crippen molar-refractivity contribution >= 4 is 29.5 Å². The molecule has 0 aromatic carbocycles. The van der Waals surface area contributed by atoms with E-state index in [1.165, 1.54) is 30.6 Å². The van der Waals surface area contributed by atoms with Crippen molar-refractivity contribution in [3.8, 4) is 0 Å². The second-order valence-corrected chi connectivity index (χ2v) is 11.9. The summed E-state index contributed by atoms with van der Waals surface area (Å²) in [6.45, 7) is 14.0. The second-order valence-electron chi connectivity index (χ2n) is 10.6. The molecule has 0 aliphatic carbocycles. The number of unbranched alkanes of at least 4 members (excludes halogenated alkanes) is 3. The summed E-state index contributed by atoms with van der Waals surface area (Å²) < 4.78 is 0. The largest absolute Gasteiger partial charge is 0.356 e. The number of hydrogen-bond donors (Lipinski definition) is 1. The number of amides is 3. The summed E-state index contributed by atoms with van der Waals surface area (Å²) in [7, 11) is 0. The fourth-order valence-corrected chi connectivity index (χ4v) is 4.42. The minimum Gasteiger partial charge on any atom is -0.356 e. The van der Waals surface area contributed by atoms with E-state index in [1.807, 2.05) is 0 Å². The zero-order valence-electron chi connectivity index (χ0n) is 19.4. The molecule has 168 valence electrons. The zero-order valence-corrected chi connectivity index (χ0v) is 20.3. The van der Waals surface area contributed by atoms with Crippen molar-refractivity contribution in [2.45, 2.75) is 98.2 Å². The van der Waals surface area contributed by atoms with Crippen LogP contribution in [-0.4, -0.2) is 46.7 Å². The molecule has 1 rings (SSSR count). The van der Waals surface area contributed by atoms with Gasteiger partial charge in [0.1, 0.15) is 0 Å². The van der Waals surface area contributed by atoms with Gasteiger partial charge in [-0.2, -0.15) is 0 Å². The van der Waals surface area contributed by atoms with Crippen LogP contribution in [0.15, 0.2) is 0 Å². The Morgan fingerprint density at radius 3 is 2.24 bits per heavy atom. The van der Waals surface area contributed by atoms with Crippen LogP contribution < -0.4 is 5.32 Å². The Hall–Kier alpha value is -1.04. The van der Waals surface area contributed by atoms with Gasteiger partial charge < -0.3 is 5.32 Å². The zero-order chi connectivity index (χ0) is 22.1. The van der Waals surface area contributed by atoms with E-state index in [-0.39, 0.29) is 47.8 Å². The molecule has 0 spiro atoms. The van der Waals surface area contributed by atoms with Crippen molar-refractivity contribution in [2.75, 3.05) is 18.8 Å². The van der Waals surface area contributed by atoms with Gasteiger partial charge in [-0.05, 0) is 35.8 Å². The van der Waals surface area contributed by atoms with Crippen molar-refractivity contribution in [1.29, 1.82) is 0 Å². The average molecular weight is 427 g/mol. The highest BCUT2D eigenvalue weighted by Crippen LogP contribution is 2.27. The summed E-state index contributed by atoms with van der Waals surface area (Å²) in [5.41, 5.74) is 0.573. The summed E-state index contributed by atoms with van der Waals surface area (Å²) in [5, 5.41) is 2.62. The summed E-state index contributed by atoms with van der Waals surface area (Å²) >= 11 is 1.60. The van der Waals surface area contributed by atoms with Crippen LogP contribution in [0.5, 0.6) is 0 Å². The van der Waals surface area contributed by atoms with Crippen LogP contribution in [0.4, 0.5) is 0 Å². The Balaban J connectivity index is 2.21. The normalized spacial score (nSPS) is 17.9. The molecule has 1 unspecified atom stereocenters. The monoisotopic (exact) mass is 426 g/mol. The highest BCUT2D eigenvalue weighted by Gasteiger charge is 2.38. The second kappa shape index (κ2) is 12.0. The summed E-state index contributed by atoms with van der Waals surface area (Å²) in [6, 6.07) is 0. The van der Waals surface area contributed by atoms with E-state index < -0.39 is 0 Å². The van der Waals surface area contributed by atoms with E-state index in [0.29, 0.717) is 12.0 Å². The predicted molar refractivity (Wildman–Crippen MR) is 122 cm³/mol. The summed E-state index contributed by atoms with van der Waals surface area (Å²) in [6.07, 6.45) is 7.35. The number of imide groups is 1. The maximum absolute atomic E-state index is 12.5. The van der Waals surface area contributed by atoms with Crippen LogP contribution in [0.1, 0.15) is 92.9 Å². The van der Waals surface area contributed by atoms with Crippen LogP contribution >= 0.6 is 11.8 Å². The van der Waals surface area contributed by atoms with Crippen LogP contribution in [0.25, 0.3) is 0 Å². The first-order valence-electron chi connectivity index (χ1n) is 11.1. The van der Waals surface area contributed by atoms with E-state index in [0.717, 1.165) is 18.6 Å². The van der Waals surface area contributed by atoms with Crippen LogP contribution in [0, 0.1) is 10.8 Å². The number of hydrogen-bond acceptors (Lipinski definition) is 4. The molecule has 6 heteroatoms. The molecule has 5 nitrogen and oxygen atoms in total. The van der Waals surface area contributed by atoms with Crippen LogP contribution in [0.2, 0.25) is 0 Å². The molecule has 0 radical (unpaired) electrons. The maximum Gasteiger partial charge on any atom is 0.242 e. The van der Waals surface area contributed by atoms with Gasteiger partial charge >= 0.3 is 0 Å². The highest BCUT2D eigenvalue weighted by atomic mass is 32.2. The molecule has 0 bridgehead atoms. The van der Waals surface area contributed by atoms with Crippen molar-refractivity contribution in [2.24, 2.45) is 10.8 Å². The number of rotatable bonds is 12. The minimum absolute atomic E-state index is 0.0961. The molecule has 3 amide bonds.